The number of sulfonamides is 1. The zero-order valence-electron chi connectivity index (χ0n) is 12.5. The Hall–Kier alpha value is -1.63. The van der Waals surface area contributed by atoms with E-state index in [1.165, 1.54) is 0 Å². The van der Waals surface area contributed by atoms with Crippen LogP contribution in [0.15, 0.2) is 41.3 Å². The molecule has 1 aliphatic heterocycles. The first-order valence-corrected chi connectivity index (χ1v) is 8.89. The second-order valence-electron chi connectivity index (χ2n) is 5.48. The van der Waals surface area contributed by atoms with Crippen molar-refractivity contribution in [3.05, 3.63) is 36.4 Å². The zero-order chi connectivity index (χ0) is 15.6. The summed E-state index contributed by atoms with van der Waals surface area (Å²) in [4.78, 5) is 0.300. The number of hydrogen-bond donors (Lipinski definition) is 2. The largest absolute Gasteiger partial charge is 0.496 e. The highest BCUT2D eigenvalue weighted by molar-refractivity contribution is 7.89. The Bertz CT molecular complexity index is 768. The highest BCUT2D eigenvalue weighted by Crippen LogP contribution is 2.30. The van der Waals surface area contributed by atoms with Crippen LogP contribution in [0.3, 0.4) is 0 Å². The van der Waals surface area contributed by atoms with Gasteiger partial charge in [-0.15, -0.1) is 0 Å². The molecule has 1 fully saturated rings. The molecule has 2 aromatic rings. The molecule has 118 valence electrons. The fraction of sp³-hybridized carbons (Fsp3) is 0.375. The van der Waals surface area contributed by atoms with Gasteiger partial charge >= 0.3 is 0 Å². The van der Waals surface area contributed by atoms with Crippen molar-refractivity contribution in [1.82, 2.24) is 10.0 Å². The van der Waals surface area contributed by atoms with Crippen LogP contribution in [0, 0.1) is 0 Å². The minimum atomic E-state index is -3.56. The smallest absolute Gasteiger partial charge is 0.241 e. The van der Waals surface area contributed by atoms with Crippen molar-refractivity contribution in [3.63, 3.8) is 0 Å². The minimum absolute atomic E-state index is 0.0559. The van der Waals surface area contributed by atoms with Crippen LogP contribution in [-0.2, 0) is 10.0 Å². The molecular weight excluding hydrogens is 300 g/mol. The lowest BCUT2D eigenvalue weighted by Crippen LogP contribution is -2.45. The maximum atomic E-state index is 12.7. The molecule has 0 aromatic heterocycles. The van der Waals surface area contributed by atoms with E-state index in [1.807, 2.05) is 24.3 Å². The van der Waals surface area contributed by atoms with Gasteiger partial charge in [0.1, 0.15) is 5.75 Å². The first-order chi connectivity index (χ1) is 10.6. The first-order valence-electron chi connectivity index (χ1n) is 7.40. The van der Waals surface area contributed by atoms with Crippen LogP contribution in [0.1, 0.15) is 12.8 Å². The number of piperidine rings is 1. The predicted octanol–water partition coefficient (Wildman–Crippen LogP) is 1.88. The Morgan fingerprint density at radius 3 is 2.64 bits per heavy atom. The van der Waals surface area contributed by atoms with Crippen LogP contribution in [0.5, 0.6) is 5.75 Å². The maximum Gasteiger partial charge on any atom is 0.241 e. The van der Waals surface area contributed by atoms with Gasteiger partial charge in [0.25, 0.3) is 0 Å². The van der Waals surface area contributed by atoms with Crippen LogP contribution in [-0.4, -0.2) is 34.7 Å². The summed E-state index contributed by atoms with van der Waals surface area (Å²) in [7, 11) is -1.97. The second kappa shape index (κ2) is 6.24. The Morgan fingerprint density at radius 2 is 1.95 bits per heavy atom. The Morgan fingerprint density at radius 1 is 1.18 bits per heavy atom. The van der Waals surface area contributed by atoms with Crippen molar-refractivity contribution in [1.29, 1.82) is 0 Å². The standard InChI is InChI=1S/C16H20N2O3S/c1-21-15-8-9-16(14-7-3-2-6-13(14)15)22(19,20)18-12-5-4-10-17-11-12/h2-3,6-9,12,17-18H,4-5,10-11H2,1H3. The molecule has 1 aliphatic rings. The molecule has 1 atom stereocenters. The summed E-state index contributed by atoms with van der Waals surface area (Å²) in [6.07, 6.45) is 1.84. The molecule has 5 nitrogen and oxygen atoms in total. The molecule has 0 spiro atoms. The number of ether oxygens (including phenoxy) is 1. The van der Waals surface area contributed by atoms with Crippen molar-refractivity contribution in [3.8, 4) is 5.75 Å². The zero-order valence-corrected chi connectivity index (χ0v) is 13.3. The van der Waals surface area contributed by atoms with Crippen LogP contribution >= 0.6 is 0 Å². The van der Waals surface area contributed by atoms with E-state index >= 15 is 0 Å². The van der Waals surface area contributed by atoms with E-state index in [2.05, 4.69) is 10.0 Å². The molecule has 2 aromatic carbocycles. The van der Waals surface area contributed by atoms with E-state index in [0.717, 1.165) is 24.8 Å². The number of fused-ring (bicyclic) bond motifs is 1. The molecule has 0 radical (unpaired) electrons. The van der Waals surface area contributed by atoms with Gasteiger partial charge in [-0.25, -0.2) is 13.1 Å². The topological polar surface area (TPSA) is 67.4 Å². The number of hydrogen-bond acceptors (Lipinski definition) is 4. The van der Waals surface area contributed by atoms with E-state index in [4.69, 9.17) is 4.74 Å². The maximum absolute atomic E-state index is 12.7. The summed E-state index contributed by atoms with van der Waals surface area (Å²) in [6, 6.07) is 10.7. The molecule has 6 heteroatoms. The number of nitrogens with one attached hydrogen (secondary N) is 2. The van der Waals surface area contributed by atoms with Gasteiger partial charge in [0, 0.05) is 23.4 Å². The van der Waals surface area contributed by atoms with Gasteiger partial charge in [-0.3, -0.25) is 0 Å². The summed E-state index contributed by atoms with van der Waals surface area (Å²) >= 11 is 0. The number of methoxy groups -OCH3 is 1. The Kier molecular flexibility index (Phi) is 4.33. The Balaban J connectivity index is 2.01. The van der Waals surface area contributed by atoms with E-state index in [1.54, 1.807) is 19.2 Å². The van der Waals surface area contributed by atoms with Crippen LogP contribution in [0.25, 0.3) is 10.8 Å². The van der Waals surface area contributed by atoms with Gasteiger partial charge in [0.15, 0.2) is 0 Å². The van der Waals surface area contributed by atoms with E-state index in [0.29, 0.717) is 22.6 Å². The van der Waals surface area contributed by atoms with Gasteiger partial charge < -0.3 is 10.1 Å². The molecule has 2 N–H and O–H groups in total. The van der Waals surface area contributed by atoms with E-state index in [-0.39, 0.29) is 6.04 Å². The van der Waals surface area contributed by atoms with Gasteiger partial charge in [-0.05, 0) is 31.5 Å². The van der Waals surface area contributed by atoms with Crippen molar-refractivity contribution < 1.29 is 13.2 Å². The Labute approximate surface area is 130 Å². The second-order valence-corrected chi connectivity index (χ2v) is 7.16. The lowest BCUT2D eigenvalue weighted by molar-refractivity contribution is 0.419. The highest BCUT2D eigenvalue weighted by Gasteiger charge is 2.24. The van der Waals surface area contributed by atoms with E-state index < -0.39 is 10.0 Å². The lowest BCUT2D eigenvalue weighted by Gasteiger charge is -2.24. The van der Waals surface area contributed by atoms with Crippen molar-refractivity contribution in [2.45, 2.75) is 23.8 Å². The van der Waals surface area contributed by atoms with Gasteiger partial charge in [0.05, 0.1) is 12.0 Å². The first kappa shape index (κ1) is 15.3. The van der Waals surface area contributed by atoms with Crippen LogP contribution in [0.4, 0.5) is 0 Å². The molecule has 3 rings (SSSR count). The quantitative estimate of drug-likeness (QED) is 0.902. The molecule has 1 saturated heterocycles. The normalized spacial score (nSPS) is 19.2. The third-order valence-electron chi connectivity index (χ3n) is 3.97. The van der Waals surface area contributed by atoms with Crippen LogP contribution < -0.4 is 14.8 Å². The third-order valence-corrected chi connectivity index (χ3v) is 5.55. The van der Waals surface area contributed by atoms with Gasteiger partial charge in [-0.1, -0.05) is 24.3 Å². The third kappa shape index (κ3) is 2.95. The van der Waals surface area contributed by atoms with Crippen LogP contribution in [0.2, 0.25) is 0 Å². The lowest BCUT2D eigenvalue weighted by atomic mass is 10.1. The molecule has 0 saturated carbocycles. The predicted molar refractivity (Wildman–Crippen MR) is 86.7 cm³/mol. The molecule has 22 heavy (non-hydrogen) atoms. The minimum Gasteiger partial charge on any atom is -0.496 e. The van der Waals surface area contributed by atoms with Crippen molar-refractivity contribution in [2.75, 3.05) is 20.2 Å². The van der Waals surface area contributed by atoms with E-state index in [9.17, 15) is 8.42 Å². The van der Waals surface area contributed by atoms with Gasteiger partial charge in [0.2, 0.25) is 10.0 Å². The fourth-order valence-corrected chi connectivity index (χ4v) is 4.37. The average molecular weight is 320 g/mol. The van der Waals surface area contributed by atoms with Gasteiger partial charge in [-0.2, -0.15) is 0 Å². The summed E-state index contributed by atoms with van der Waals surface area (Å²) < 4.78 is 33.6. The summed E-state index contributed by atoms with van der Waals surface area (Å²) in [5.41, 5.74) is 0. The van der Waals surface area contributed by atoms with Crippen molar-refractivity contribution >= 4 is 20.8 Å². The molecule has 0 bridgehead atoms. The molecule has 0 amide bonds. The summed E-state index contributed by atoms with van der Waals surface area (Å²) in [5.74, 6) is 0.675. The number of rotatable bonds is 4. The fourth-order valence-electron chi connectivity index (χ4n) is 2.89. The molecule has 1 heterocycles. The summed E-state index contributed by atoms with van der Waals surface area (Å²) in [5, 5.41) is 4.70. The van der Waals surface area contributed by atoms with Crippen molar-refractivity contribution in [2.24, 2.45) is 0 Å². The molecular formula is C16H20N2O3S. The molecule has 1 unspecified atom stereocenters. The SMILES string of the molecule is COc1ccc(S(=O)(=O)NC2CCCNC2)c2ccccc12. The molecule has 0 aliphatic carbocycles. The average Bonchev–Trinajstić information content (AvgIpc) is 2.54. The highest BCUT2D eigenvalue weighted by atomic mass is 32.2. The number of benzene rings is 2. The monoisotopic (exact) mass is 320 g/mol. The summed E-state index contributed by atoms with van der Waals surface area (Å²) in [6.45, 7) is 1.62.